The van der Waals surface area contributed by atoms with E-state index in [1.54, 1.807) is 7.05 Å². The van der Waals surface area contributed by atoms with Crippen LogP contribution in [0, 0.1) is 0 Å². The van der Waals surface area contributed by atoms with E-state index in [0.717, 1.165) is 26.1 Å². The van der Waals surface area contributed by atoms with E-state index in [4.69, 9.17) is 0 Å². The highest BCUT2D eigenvalue weighted by molar-refractivity contribution is 5.76. The second kappa shape index (κ2) is 7.46. The lowest BCUT2D eigenvalue weighted by Gasteiger charge is -2.32. The Bertz CT molecular complexity index is 487. The number of nitrogens with zero attached hydrogens (tertiary/aromatic N) is 1. The van der Waals surface area contributed by atoms with Crippen molar-refractivity contribution in [3.8, 4) is 0 Å². The Morgan fingerprint density at radius 3 is 2.95 bits per heavy atom. The minimum atomic E-state index is 0.111. The van der Waals surface area contributed by atoms with E-state index in [1.807, 2.05) is 0 Å². The van der Waals surface area contributed by atoms with Gasteiger partial charge in [0.05, 0.1) is 0 Å². The Morgan fingerprint density at radius 1 is 1.43 bits per heavy atom. The molecule has 1 unspecified atom stereocenters. The summed E-state index contributed by atoms with van der Waals surface area (Å²) in [6, 6.07) is 7.15. The van der Waals surface area contributed by atoms with Crippen LogP contribution in [0.15, 0.2) is 18.2 Å². The molecule has 1 aliphatic heterocycles. The quantitative estimate of drug-likeness (QED) is 0.844. The molecule has 0 spiro atoms. The molecule has 4 nitrogen and oxygen atoms in total. The fraction of sp³-hybridized carbons (Fsp3) is 0.588. The molecule has 1 heterocycles. The smallest absolute Gasteiger partial charge is 0.221 e. The first-order chi connectivity index (χ1) is 10.2. The van der Waals surface area contributed by atoms with Gasteiger partial charge in [0.25, 0.3) is 0 Å². The Morgan fingerprint density at radius 2 is 2.24 bits per heavy atom. The molecule has 2 rings (SSSR count). The average molecular weight is 289 g/mol. The topological polar surface area (TPSA) is 44.4 Å². The van der Waals surface area contributed by atoms with Gasteiger partial charge in [-0.1, -0.05) is 19.1 Å². The zero-order chi connectivity index (χ0) is 15.2. The van der Waals surface area contributed by atoms with Crippen LogP contribution in [0.5, 0.6) is 0 Å². The third-order valence-electron chi connectivity index (χ3n) is 4.22. The standard InChI is InChI=1S/C17H27N3O/c1-4-19-13(2)14-7-8-16-15(12-14)6-5-10-20(16)11-9-17(21)18-3/h7-8,12-13,19H,4-6,9-11H2,1-3H3,(H,18,21). The Hall–Kier alpha value is -1.55. The molecular weight excluding hydrogens is 262 g/mol. The molecule has 1 aromatic rings. The Balaban J connectivity index is 2.10. The van der Waals surface area contributed by atoms with Gasteiger partial charge >= 0.3 is 0 Å². The van der Waals surface area contributed by atoms with Gasteiger partial charge in [-0.3, -0.25) is 4.79 Å². The summed E-state index contributed by atoms with van der Waals surface area (Å²) in [6.45, 7) is 7.17. The Labute approximate surface area is 127 Å². The van der Waals surface area contributed by atoms with Crippen LogP contribution in [0.25, 0.3) is 0 Å². The van der Waals surface area contributed by atoms with Crippen molar-refractivity contribution in [2.75, 3.05) is 31.6 Å². The summed E-state index contributed by atoms with van der Waals surface area (Å²) in [5, 5.41) is 6.15. The lowest BCUT2D eigenvalue weighted by molar-refractivity contribution is -0.120. The summed E-state index contributed by atoms with van der Waals surface area (Å²) >= 11 is 0. The minimum absolute atomic E-state index is 0.111. The number of hydrogen-bond acceptors (Lipinski definition) is 3. The summed E-state index contributed by atoms with van der Waals surface area (Å²) < 4.78 is 0. The van der Waals surface area contributed by atoms with Crippen molar-refractivity contribution in [1.82, 2.24) is 10.6 Å². The van der Waals surface area contributed by atoms with Gasteiger partial charge < -0.3 is 15.5 Å². The van der Waals surface area contributed by atoms with Crippen LogP contribution >= 0.6 is 0 Å². The summed E-state index contributed by atoms with van der Waals surface area (Å²) in [7, 11) is 1.70. The van der Waals surface area contributed by atoms with Crippen molar-refractivity contribution >= 4 is 11.6 Å². The number of carbonyl (C=O) groups excluding carboxylic acids is 1. The monoisotopic (exact) mass is 289 g/mol. The molecule has 4 heteroatoms. The number of amides is 1. The number of fused-ring (bicyclic) bond motifs is 1. The molecule has 0 saturated heterocycles. The van der Waals surface area contributed by atoms with Gasteiger partial charge in [-0.25, -0.2) is 0 Å². The number of carbonyl (C=O) groups is 1. The highest BCUT2D eigenvalue weighted by Gasteiger charge is 2.18. The van der Waals surface area contributed by atoms with Crippen LogP contribution in [0.3, 0.4) is 0 Å². The van der Waals surface area contributed by atoms with Crippen LogP contribution in [0.4, 0.5) is 5.69 Å². The first-order valence-electron chi connectivity index (χ1n) is 7.97. The molecule has 1 atom stereocenters. The molecule has 0 aliphatic carbocycles. The average Bonchev–Trinajstić information content (AvgIpc) is 2.52. The number of aryl methyl sites for hydroxylation is 1. The van der Waals surface area contributed by atoms with Gasteiger partial charge in [0.2, 0.25) is 5.91 Å². The van der Waals surface area contributed by atoms with Gasteiger partial charge in [-0.2, -0.15) is 0 Å². The molecule has 1 aromatic carbocycles. The first-order valence-corrected chi connectivity index (χ1v) is 7.97. The van der Waals surface area contributed by atoms with Crippen LogP contribution in [0.1, 0.15) is 43.9 Å². The summed E-state index contributed by atoms with van der Waals surface area (Å²) in [5.74, 6) is 0.111. The van der Waals surface area contributed by atoms with Crippen LogP contribution in [-0.2, 0) is 11.2 Å². The van der Waals surface area contributed by atoms with Crippen LogP contribution < -0.4 is 15.5 Å². The highest BCUT2D eigenvalue weighted by atomic mass is 16.1. The van der Waals surface area contributed by atoms with Crippen molar-refractivity contribution in [2.24, 2.45) is 0 Å². The van der Waals surface area contributed by atoms with Crippen molar-refractivity contribution in [1.29, 1.82) is 0 Å². The van der Waals surface area contributed by atoms with Gasteiger partial charge in [0.15, 0.2) is 0 Å². The van der Waals surface area contributed by atoms with Gasteiger partial charge in [-0.05, 0) is 43.5 Å². The first kappa shape index (κ1) is 15.8. The molecule has 0 fully saturated rings. The molecule has 21 heavy (non-hydrogen) atoms. The second-order valence-electron chi connectivity index (χ2n) is 5.68. The van der Waals surface area contributed by atoms with Gasteiger partial charge in [0, 0.05) is 38.3 Å². The predicted molar refractivity (Wildman–Crippen MR) is 87.8 cm³/mol. The summed E-state index contributed by atoms with van der Waals surface area (Å²) in [6.07, 6.45) is 2.86. The van der Waals surface area contributed by atoms with Gasteiger partial charge in [-0.15, -0.1) is 0 Å². The lowest BCUT2D eigenvalue weighted by atomic mass is 9.96. The lowest BCUT2D eigenvalue weighted by Crippen LogP contribution is -2.33. The molecule has 1 aliphatic rings. The molecule has 2 N–H and O–H groups in total. The highest BCUT2D eigenvalue weighted by Crippen LogP contribution is 2.29. The molecule has 0 saturated carbocycles. The maximum absolute atomic E-state index is 11.4. The summed E-state index contributed by atoms with van der Waals surface area (Å²) in [4.78, 5) is 13.8. The molecule has 0 radical (unpaired) electrons. The SMILES string of the molecule is CCNC(C)c1ccc2c(c1)CCCN2CCC(=O)NC. The van der Waals surface area contributed by atoms with Crippen molar-refractivity contribution < 1.29 is 4.79 Å². The Kier molecular flexibility index (Phi) is 5.62. The minimum Gasteiger partial charge on any atom is -0.371 e. The number of anilines is 1. The molecule has 116 valence electrons. The van der Waals surface area contributed by atoms with E-state index in [0.29, 0.717) is 12.5 Å². The second-order valence-corrected chi connectivity index (χ2v) is 5.68. The normalized spacial score (nSPS) is 15.5. The van der Waals surface area contributed by atoms with E-state index in [-0.39, 0.29) is 5.91 Å². The van der Waals surface area contributed by atoms with Crippen LogP contribution in [-0.4, -0.2) is 32.6 Å². The maximum atomic E-state index is 11.4. The molecular formula is C17H27N3O. The maximum Gasteiger partial charge on any atom is 0.221 e. The van der Waals surface area contributed by atoms with E-state index in [1.165, 1.54) is 23.2 Å². The van der Waals surface area contributed by atoms with Crippen LogP contribution in [0.2, 0.25) is 0 Å². The molecule has 0 bridgehead atoms. The zero-order valence-electron chi connectivity index (χ0n) is 13.4. The van der Waals surface area contributed by atoms with Crippen molar-refractivity contribution in [3.05, 3.63) is 29.3 Å². The van der Waals surface area contributed by atoms with Gasteiger partial charge in [0.1, 0.15) is 0 Å². The van der Waals surface area contributed by atoms with E-state index in [2.05, 4.69) is 47.6 Å². The predicted octanol–water partition coefficient (Wildman–Crippen LogP) is 2.25. The number of nitrogens with one attached hydrogen (secondary N) is 2. The third-order valence-corrected chi connectivity index (χ3v) is 4.22. The van der Waals surface area contributed by atoms with E-state index >= 15 is 0 Å². The number of hydrogen-bond donors (Lipinski definition) is 2. The molecule has 1 amide bonds. The summed E-state index contributed by atoms with van der Waals surface area (Å²) in [5.41, 5.74) is 4.07. The van der Waals surface area contributed by atoms with Crippen molar-refractivity contribution in [2.45, 2.75) is 39.2 Å². The van der Waals surface area contributed by atoms with E-state index in [9.17, 15) is 4.79 Å². The number of benzene rings is 1. The fourth-order valence-electron chi connectivity index (χ4n) is 2.98. The third kappa shape index (κ3) is 3.97. The van der Waals surface area contributed by atoms with E-state index < -0.39 is 0 Å². The largest absolute Gasteiger partial charge is 0.371 e. The zero-order valence-corrected chi connectivity index (χ0v) is 13.4. The molecule has 0 aromatic heterocycles. The fourth-order valence-corrected chi connectivity index (χ4v) is 2.98. The number of rotatable bonds is 6. The van der Waals surface area contributed by atoms with Crippen molar-refractivity contribution in [3.63, 3.8) is 0 Å².